The summed E-state index contributed by atoms with van der Waals surface area (Å²) in [6.45, 7) is 6.60. The van der Waals surface area contributed by atoms with Gasteiger partial charge in [0.2, 0.25) is 5.89 Å². The van der Waals surface area contributed by atoms with Gasteiger partial charge in [-0.3, -0.25) is 4.79 Å². The van der Waals surface area contributed by atoms with E-state index in [4.69, 9.17) is 9.26 Å². The molecule has 1 saturated heterocycles. The molecule has 1 aliphatic heterocycles. The van der Waals surface area contributed by atoms with E-state index in [1.807, 2.05) is 18.7 Å². The van der Waals surface area contributed by atoms with Gasteiger partial charge in [0, 0.05) is 19.0 Å². The van der Waals surface area contributed by atoms with E-state index in [-0.39, 0.29) is 18.1 Å². The predicted octanol–water partition coefficient (Wildman–Crippen LogP) is 0.674. The molecule has 17 heavy (non-hydrogen) atoms. The number of anilines is 1. The van der Waals surface area contributed by atoms with Gasteiger partial charge >= 0.3 is 0 Å². The van der Waals surface area contributed by atoms with Gasteiger partial charge in [0.15, 0.2) is 0 Å². The number of hydrogen-bond donors (Lipinski definition) is 0. The van der Waals surface area contributed by atoms with Gasteiger partial charge in [-0.1, -0.05) is 13.8 Å². The lowest BCUT2D eigenvalue weighted by Crippen LogP contribution is -2.36. The zero-order valence-electron chi connectivity index (χ0n) is 10.2. The molecule has 1 fully saturated rings. The third-order valence-corrected chi connectivity index (χ3v) is 2.72. The lowest BCUT2D eigenvalue weighted by molar-refractivity contribution is -0.121. The first-order valence-corrected chi connectivity index (χ1v) is 5.85. The van der Waals surface area contributed by atoms with E-state index in [9.17, 15) is 4.79 Å². The number of Topliss-reactive ketones (excluding diaryl/α,β-unsaturated/α-hetero) is 1. The molecule has 0 saturated carbocycles. The molecule has 6 heteroatoms. The minimum atomic E-state index is -0.00580. The van der Waals surface area contributed by atoms with Crippen molar-refractivity contribution in [3.63, 3.8) is 0 Å². The van der Waals surface area contributed by atoms with Gasteiger partial charge < -0.3 is 14.2 Å². The van der Waals surface area contributed by atoms with Crippen molar-refractivity contribution >= 4 is 11.7 Å². The lowest BCUT2D eigenvalue weighted by atomic mass is 10.1. The number of rotatable bonds is 4. The van der Waals surface area contributed by atoms with Crippen molar-refractivity contribution < 1.29 is 14.1 Å². The molecule has 0 amide bonds. The summed E-state index contributed by atoms with van der Waals surface area (Å²) in [5.74, 6) is 1.06. The van der Waals surface area contributed by atoms with E-state index in [2.05, 4.69) is 10.1 Å². The fourth-order valence-electron chi connectivity index (χ4n) is 1.56. The van der Waals surface area contributed by atoms with Crippen LogP contribution in [0, 0.1) is 5.92 Å². The molecule has 0 radical (unpaired) electrons. The molecule has 0 atom stereocenters. The van der Waals surface area contributed by atoms with Gasteiger partial charge in [-0.2, -0.15) is 4.98 Å². The van der Waals surface area contributed by atoms with Gasteiger partial charge in [-0.05, 0) is 5.16 Å². The molecule has 2 rings (SSSR count). The van der Waals surface area contributed by atoms with E-state index in [0.717, 1.165) is 13.1 Å². The average Bonchev–Trinajstić information content (AvgIpc) is 2.78. The Kier molecular flexibility index (Phi) is 3.73. The molecule has 0 N–H and O–H groups in total. The highest BCUT2D eigenvalue weighted by Crippen LogP contribution is 2.12. The number of carbonyl (C=O) groups is 1. The van der Waals surface area contributed by atoms with Crippen LogP contribution in [0.25, 0.3) is 0 Å². The largest absolute Gasteiger partial charge is 0.378 e. The number of nitrogens with zero attached hydrogens (tertiary/aromatic N) is 3. The standard InChI is InChI=1S/C11H17N3O3/c1-8(2)9(15)7-10-12-11(13-17-10)14-3-5-16-6-4-14/h8H,3-7H2,1-2H3. The van der Waals surface area contributed by atoms with Gasteiger partial charge in [0.05, 0.1) is 19.6 Å². The van der Waals surface area contributed by atoms with Crippen molar-refractivity contribution in [2.24, 2.45) is 5.92 Å². The zero-order valence-corrected chi connectivity index (χ0v) is 10.2. The van der Waals surface area contributed by atoms with Crippen molar-refractivity contribution in [1.82, 2.24) is 10.1 Å². The highest BCUT2D eigenvalue weighted by molar-refractivity contribution is 5.81. The Morgan fingerprint density at radius 3 is 2.76 bits per heavy atom. The molecular weight excluding hydrogens is 222 g/mol. The first-order chi connectivity index (χ1) is 8.16. The Bertz CT molecular complexity index is 383. The van der Waals surface area contributed by atoms with E-state index >= 15 is 0 Å². The molecule has 1 aromatic rings. The second kappa shape index (κ2) is 5.27. The SMILES string of the molecule is CC(C)C(=O)Cc1nc(N2CCOCC2)no1. The molecule has 94 valence electrons. The summed E-state index contributed by atoms with van der Waals surface area (Å²) in [5.41, 5.74) is 0. The molecule has 0 bridgehead atoms. The van der Waals surface area contributed by atoms with E-state index in [0.29, 0.717) is 25.1 Å². The molecule has 6 nitrogen and oxygen atoms in total. The minimum Gasteiger partial charge on any atom is -0.378 e. The molecule has 1 aliphatic rings. The summed E-state index contributed by atoms with van der Waals surface area (Å²) in [6.07, 6.45) is 0.217. The van der Waals surface area contributed by atoms with Gasteiger partial charge in [-0.25, -0.2) is 0 Å². The number of hydrogen-bond acceptors (Lipinski definition) is 6. The summed E-state index contributed by atoms with van der Waals surface area (Å²) in [4.78, 5) is 17.8. The van der Waals surface area contributed by atoms with Gasteiger partial charge in [0.25, 0.3) is 5.95 Å². The van der Waals surface area contributed by atoms with E-state index in [1.54, 1.807) is 0 Å². The summed E-state index contributed by atoms with van der Waals surface area (Å²) in [6, 6.07) is 0. The molecule has 0 unspecified atom stereocenters. The Balaban J connectivity index is 1.97. The molecular formula is C11H17N3O3. The van der Waals surface area contributed by atoms with Crippen LogP contribution < -0.4 is 4.90 Å². The van der Waals surface area contributed by atoms with Crippen molar-refractivity contribution in [1.29, 1.82) is 0 Å². The Hall–Kier alpha value is -1.43. The van der Waals surface area contributed by atoms with Crippen LogP contribution in [0.3, 0.4) is 0 Å². The maximum Gasteiger partial charge on any atom is 0.266 e. The van der Waals surface area contributed by atoms with Crippen LogP contribution in [0.15, 0.2) is 4.52 Å². The normalized spacial score (nSPS) is 16.5. The van der Waals surface area contributed by atoms with Crippen molar-refractivity contribution in [2.75, 3.05) is 31.2 Å². The summed E-state index contributed by atoms with van der Waals surface area (Å²) in [7, 11) is 0. The number of ether oxygens (including phenoxy) is 1. The predicted molar refractivity (Wildman–Crippen MR) is 60.9 cm³/mol. The summed E-state index contributed by atoms with van der Waals surface area (Å²) in [5, 5.41) is 3.88. The number of aromatic nitrogens is 2. The third kappa shape index (κ3) is 3.03. The number of ketones is 1. The van der Waals surface area contributed by atoms with Gasteiger partial charge in [0.1, 0.15) is 5.78 Å². The molecule has 1 aromatic heterocycles. The number of carbonyl (C=O) groups excluding carboxylic acids is 1. The molecule has 0 spiro atoms. The third-order valence-electron chi connectivity index (χ3n) is 2.72. The average molecular weight is 239 g/mol. The molecule has 2 heterocycles. The minimum absolute atomic E-state index is 0.00580. The second-order valence-corrected chi connectivity index (χ2v) is 4.39. The van der Waals surface area contributed by atoms with Crippen LogP contribution in [-0.4, -0.2) is 42.2 Å². The summed E-state index contributed by atoms with van der Waals surface area (Å²) < 4.78 is 10.3. The fourth-order valence-corrected chi connectivity index (χ4v) is 1.56. The van der Waals surface area contributed by atoms with Crippen LogP contribution in [0.1, 0.15) is 19.7 Å². The van der Waals surface area contributed by atoms with Gasteiger partial charge in [-0.15, -0.1) is 0 Å². The first kappa shape index (κ1) is 12.0. The Morgan fingerprint density at radius 1 is 1.41 bits per heavy atom. The van der Waals surface area contributed by atoms with Crippen LogP contribution >= 0.6 is 0 Å². The van der Waals surface area contributed by atoms with Crippen LogP contribution in [-0.2, 0) is 16.0 Å². The van der Waals surface area contributed by atoms with E-state index in [1.165, 1.54) is 0 Å². The monoisotopic (exact) mass is 239 g/mol. The quantitative estimate of drug-likeness (QED) is 0.769. The molecule has 0 aliphatic carbocycles. The Labute approximate surface area is 99.9 Å². The number of morpholine rings is 1. The summed E-state index contributed by atoms with van der Waals surface area (Å²) >= 11 is 0. The van der Waals surface area contributed by atoms with Crippen LogP contribution in [0.2, 0.25) is 0 Å². The second-order valence-electron chi connectivity index (χ2n) is 4.39. The van der Waals surface area contributed by atoms with Crippen LogP contribution in [0.5, 0.6) is 0 Å². The van der Waals surface area contributed by atoms with Crippen LogP contribution in [0.4, 0.5) is 5.95 Å². The van der Waals surface area contributed by atoms with Crippen molar-refractivity contribution in [3.8, 4) is 0 Å². The first-order valence-electron chi connectivity index (χ1n) is 5.85. The smallest absolute Gasteiger partial charge is 0.266 e. The zero-order chi connectivity index (χ0) is 12.3. The topological polar surface area (TPSA) is 68.5 Å². The maximum absolute atomic E-state index is 11.5. The molecule has 0 aromatic carbocycles. The highest BCUT2D eigenvalue weighted by atomic mass is 16.5. The highest BCUT2D eigenvalue weighted by Gasteiger charge is 2.19. The van der Waals surface area contributed by atoms with E-state index < -0.39 is 0 Å². The van der Waals surface area contributed by atoms with Crippen molar-refractivity contribution in [2.45, 2.75) is 20.3 Å². The Morgan fingerprint density at radius 2 is 2.12 bits per heavy atom. The lowest BCUT2D eigenvalue weighted by Gasteiger charge is -2.24. The maximum atomic E-state index is 11.5. The fraction of sp³-hybridized carbons (Fsp3) is 0.727. The van der Waals surface area contributed by atoms with Crippen molar-refractivity contribution in [3.05, 3.63) is 5.89 Å².